The Labute approximate surface area is 139 Å². The van der Waals surface area contributed by atoms with Gasteiger partial charge in [-0.1, -0.05) is 0 Å². The van der Waals surface area contributed by atoms with Gasteiger partial charge in [-0.15, -0.1) is 0 Å². The molecular weight excluding hydrogens is 349 g/mol. The fraction of sp³-hybridized carbons (Fsp3) is 0.833. The molecule has 0 saturated heterocycles. The summed E-state index contributed by atoms with van der Waals surface area (Å²) in [5.74, 6) is -2.84. The molecule has 0 aromatic carbocycles. The Kier molecular flexibility index (Phi) is 9.81. The summed E-state index contributed by atoms with van der Waals surface area (Å²) in [6, 6.07) is 0. The quantitative estimate of drug-likeness (QED) is 0.153. The van der Waals surface area contributed by atoms with Gasteiger partial charge in [0.25, 0.3) is 5.52 Å². The molecule has 12 nitrogen and oxygen atoms in total. The van der Waals surface area contributed by atoms with Crippen molar-refractivity contribution in [3.05, 3.63) is 0 Å². The number of hydrogen-bond acceptors (Lipinski definition) is 8. The number of carbonyl (C=O) groups is 1. The summed E-state index contributed by atoms with van der Waals surface area (Å²) < 4.78 is 21.1. The van der Waals surface area contributed by atoms with Crippen LogP contribution in [0.2, 0.25) is 0 Å². The zero-order valence-corrected chi connectivity index (χ0v) is 11.3. The molecule has 21 heavy (non-hydrogen) atoms. The van der Waals surface area contributed by atoms with Crippen LogP contribution in [0.15, 0.2) is 0 Å². The average molecular weight is 364 g/mol. The molecule has 0 aromatic heterocycles. The molecule has 0 saturated carbocycles. The van der Waals surface area contributed by atoms with E-state index in [9.17, 15) is 24.1 Å². The molecule has 0 radical (unpaired) electrons. The molecule has 0 bridgehead atoms. The van der Waals surface area contributed by atoms with Crippen LogP contribution < -0.4 is 0 Å². The number of carbonyl (C=O) groups excluding carboxylic acids is 1. The summed E-state index contributed by atoms with van der Waals surface area (Å²) in [6.07, 6.45) is -10.9. The topological polar surface area (TPSA) is 233 Å². The Bertz CT molecular complexity index is 443. The van der Waals surface area contributed by atoms with E-state index in [1.807, 2.05) is 0 Å². The first-order valence-corrected chi connectivity index (χ1v) is 8.06. The average Bonchev–Trinajstić information content (AvgIpc) is 2.30. The van der Waals surface area contributed by atoms with Crippen molar-refractivity contribution in [3.8, 4) is 0 Å². The molecule has 0 heterocycles. The van der Waals surface area contributed by atoms with Gasteiger partial charge >= 0.3 is 44.7 Å². The maximum absolute atomic E-state index is 10.9. The van der Waals surface area contributed by atoms with Gasteiger partial charge in [-0.3, -0.25) is 13.9 Å². The van der Waals surface area contributed by atoms with E-state index < -0.39 is 51.0 Å². The Morgan fingerprint density at radius 1 is 0.762 bits per heavy atom. The fourth-order valence-corrected chi connectivity index (χ4v) is 2.15. The van der Waals surface area contributed by atoms with Gasteiger partial charge in [-0.25, -0.2) is 0 Å². The number of aliphatic hydroxyl groups excluding tert-OH is 5. The van der Waals surface area contributed by atoms with Gasteiger partial charge in [-0.2, -0.15) is 0 Å². The summed E-state index contributed by atoms with van der Waals surface area (Å²) >= 11 is 0. The van der Waals surface area contributed by atoms with Gasteiger partial charge < -0.3 is 45.1 Å². The van der Waals surface area contributed by atoms with Gasteiger partial charge in [-0.05, 0) is 0 Å². The Morgan fingerprint density at radius 3 is 1.43 bits per heavy atom. The van der Waals surface area contributed by atoms with Crippen LogP contribution in [0.3, 0.4) is 0 Å². The molecule has 0 spiro atoms. The second-order valence-corrected chi connectivity index (χ2v) is 7.04. The summed E-state index contributed by atoms with van der Waals surface area (Å²) in [7, 11) is -10.7. The molecule has 0 aromatic rings. The third-order valence-corrected chi connectivity index (χ3v) is 4.05. The molecule has 0 rings (SSSR count). The van der Waals surface area contributed by atoms with Crippen molar-refractivity contribution in [2.75, 3.05) is 0 Å². The summed E-state index contributed by atoms with van der Waals surface area (Å²) in [5, 5.41) is 45.6. The van der Waals surface area contributed by atoms with Crippen LogP contribution >= 0.6 is 15.2 Å². The van der Waals surface area contributed by atoms with E-state index in [0.29, 0.717) is 0 Å². The number of aliphatic hydroxyl groups is 5. The van der Waals surface area contributed by atoms with Gasteiger partial charge in [0, 0.05) is 0 Å². The molecule has 0 aliphatic rings. The van der Waals surface area contributed by atoms with Gasteiger partial charge in [0.05, 0.1) is 0 Å². The minimum atomic E-state index is -5.45. The van der Waals surface area contributed by atoms with Crippen molar-refractivity contribution >= 4 is 50.3 Å². The van der Waals surface area contributed by atoms with Crippen LogP contribution in [0.1, 0.15) is 0 Å². The molecular formula is C6H15NaO12P2. The fourth-order valence-electron chi connectivity index (χ4n) is 1.08. The molecule has 1 unspecified atom stereocenters. The first-order valence-electron chi connectivity index (χ1n) is 4.76. The van der Waals surface area contributed by atoms with E-state index in [-0.39, 0.29) is 29.6 Å². The normalized spacial score (nSPS) is 19.9. The second kappa shape index (κ2) is 8.57. The van der Waals surface area contributed by atoms with Crippen molar-refractivity contribution in [1.29, 1.82) is 0 Å². The number of hydrogen-bond donors (Lipinski definition) is 9. The van der Waals surface area contributed by atoms with Crippen LogP contribution in [-0.2, 0) is 13.9 Å². The van der Waals surface area contributed by atoms with Crippen LogP contribution in [0.4, 0.5) is 0 Å². The first-order chi connectivity index (χ1) is 8.71. The SMILES string of the molecule is O=C([C@H](O)[C@@H](O)[C@H](O)[C@H](O)C(O)P(=O)(O)O)P(=O)(O)O.[NaH]. The van der Waals surface area contributed by atoms with E-state index in [1.54, 1.807) is 0 Å². The van der Waals surface area contributed by atoms with Crippen molar-refractivity contribution in [3.63, 3.8) is 0 Å². The van der Waals surface area contributed by atoms with Crippen LogP contribution in [0.5, 0.6) is 0 Å². The standard InChI is InChI=1S/C6H14O12P2.Na.H/c7-1(3(9)5(11)19(13,14)15)2(8)4(10)6(12)20(16,17)18;;/h1-5,7-11H,(H2,13,14,15)(H2,16,17,18);;/t1-,2-,3-,4+,5?;;/m0../s1. The van der Waals surface area contributed by atoms with E-state index >= 15 is 0 Å². The van der Waals surface area contributed by atoms with Crippen LogP contribution in [-0.4, -0.2) is 110 Å². The van der Waals surface area contributed by atoms with Crippen LogP contribution in [0.25, 0.3) is 0 Å². The van der Waals surface area contributed by atoms with E-state index in [4.69, 9.17) is 34.9 Å². The molecule has 122 valence electrons. The van der Waals surface area contributed by atoms with Gasteiger partial charge in [0.2, 0.25) is 0 Å². The van der Waals surface area contributed by atoms with Crippen molar-refractivity contribution in [2.24, 2.45) is 0 Å². The first kappa shape index (κ1) is 24.0. The van der Waals surface area contributed by atoms with Crippen LogP contribution in [0, 0.1) is 0 Å². The summed E-state index contributed by atoms with van der Waals surface area (Å²) in [5.41, 5.74) is -2.18. The summed E-state index contributed by atoms with van der Waals surface area (Å²) in [6.45, 7) is 0. The molecule has 15 heteroatoms. The third-order valence-electron chi connectivity index (χ3n) is 2.21. The Hall–Kier alpha value is 0.770. The van der Waals surface area contributed by atoms with E-state index in [1.165, 1.54) is 0 Å². The Balaban J connectivity index is 0. The maximum atomic E-state index is 10.9. The minimum absolute atomic E-state index is 0. The molecule has 0 amide bonds. The molecule has 0 fully saturated rings. The third kappa shape index (κ3) is 6.81. The molecule has 5 atom stereocenters. The summed E-state index contributed by atoms with van der Waals surface area (Å²) in [4.78, 5) is 44.8. The van der Waals surface area contributed by atoms with Crippen molar-refractivity contribution < 1.29 is 59.0 Å². The van der Waals surface area contributed by atoms with Crippen molar-refractivity contribution in [1.82, 2.24) is 0 Å². The van der Waals surface area contributed by atoms with E-state index in [2.05, 4.69) is 0 Å². The second-order valence-electron chi connectivity index (χ2n) is 3.80. The van der Waals surface area contributed by atoms with E-state index in [0.717, 1.165) is 0 Å². The monoisotopic (exact) mass is 364 g/mol. The molecule has 0 aliphatic heterocycles. The number of rotatable bonds is 7. The zero-order valence-electron chi connectivity index (χ0n) is 9.53. The molecule has 0 aliphatic carbocycles. The Morgan fingerprint density at radius 2 is 1.14 bits per heavy atom. The zero-order chi connectivity index (χ0) is 16.5. The van der Waals surface area contributed by atoms with Gasteiger partial charge in [0.15, 0.2) is 11.9 Å². The predicted octanol–water partition coefficient (Wildman–Crippen LogP) is -5.02. The predicted molar refractivity (Wildman–Crippen MR) is 66.3 cm³/mol. The van der Waals surface area contributed by atoms with Crippen molar-refractivity contribution in [2.45, 2.75) is 30.3 Å². The van der Waals surface area contributed by atoms with Gasteiger partial charge in [0.1, 0.15) is 18.3 Å². The molecule has 9 N–H and O–H groups in total.